The second-order valence-electron chi connectivity index (χ2n) is 7.41. The zero-order valence-corrected chi connectivity index (χ0v) is 11.8. The zero-order valence-electron chi connectivity index (χ0n) is 11.8. The number of amides is 1. The van der Waals surface area contributed by atoms with E-state index in [2.05, 4.69) is 0 Å². The summed E-state index contributed by atoms with van der Waals surface area (Å²) in [5.41, 5.74) is 0. The monoisotopic (exact) mass is 277 g/mol. The molecule has 4 fully saturated rings. The van der Waals surface area contributed by atoms with Gasteiger partial charge < -0.3 is 10.0 Å². The van der Waals surface area contributed by atoms with E-state index < -0.39 is 12.0 Å². The number of fused-ring (bicyclic) bond motifs is 3. The lowest BCUT2D eigenvalue weighted by Crippen LogP contribution is -2.46. The molecule has 0 radical (unpaired) electrons. The lowest BCUT2D eigenvalue weighted by Gasteiger charge is -2.30. The third kappa shape index (κ3) is 1.73. The van der Waals surface area contributed by atoms with Gasteiger partial charge in [0.2, 0.25) is 5.91 Å². The van der Waals surface area contributed by atoms with Gasteiger partial charge in [0.25, 0.3) is 0 Å². The molecule has 6 atom stereocenters. The van der Waals surface area contributed by atoms with Crippen LogP contribution in [-0.4, -0.2) is 34.5 Å². The summed E-state index contributed by atoms with van der Waals surface area (Å²) in [6.07, 6.45) is 7.91. The molecule has 2 bridgehead atoms. The predicted octanol–water partition coefficient (Wildman–Crippen LogP) is 2.13. The number of carboxylic acids is 1. The van der Waals surface area contributed by atoms with E-state index in [9.17, 15) is 14.7 Å². The van der Waals surface area contributed by atoms with Crippen molar-refractivity contribution in [1.29, 1.82) is 0 Å². The molecule has 3 saturated carbocycles. The number of carbonyl (C=O) groups excluding carboxylic acids is 1. The van der Waals surface area contributed by atoms with Crippen LogP contribution in [-0.2, 0) is 9.59 Å². The molecule has 0 spiro atoms. The molecular formula is C16H23NO3. The Labute approximate surface area is 119 Å². The number of carbonyl (C=O) groups is 2. The number of rotatable bonds is 2. The van der Waals surface area contributed by atoms with Gasteiger partial charge in [-0.2, -0.15) is 0 Å². The first-order valence-corrected chi connectivity index (χ1v) is 8.18. The minimum Gasteiger partial charge on any atom is -0.480 e. The molecule has 4 aliphatic rings. The average molecular weight is 277 g/mol. The van der Waals surface area contributed by atoms with Crippen molar-refractivity contribution in [2.45, 2.75) is 51.0 Å². The van der Waals surface area contributed by atoms with Crippen LogP contribution in [0.25, 0.3) is 0 Å². The Morgan fingerprint density at radius 2 is 1.85 bits per heavy atom. The first-order chi connectivity index (χ1) is 9.65. The fraction of sp³-hybridized carbons (Fsp3) is 0.875. The smallest absolute Gasteiger partial charge is 0.326 e. The van der Waals surface area contributed by atoms with Gasteiger partial charge in [-0.05, 0) is 55.8 Å². The third-order valence-electron chi connectivity index (χ3n) is 6.48. The molecule has 1 saturated heterocycles. The van der Waals surface area contributed by atoms with Crippen LogP contribution in [0.15, 0.2) is 0 Å². The van der Waals surface area contributed by atoms with Gasteiger partial charge in [0, 0.05) is 12.5 Å². The fourth-order valence-corrected chi connectivity index (χ4v) is 5.61. The maximum Gasteiger partial charge on any atom is 0.326 e. The number of carboxylic acid groups (broad SMARTS) is 1. The molecule has 1 N–H and O–H groups in total. The Bertz CT molecular complexity index is 449. The maximum absolute atomic E-state index is 12.8. The molecule has 20 heavy (non-hydrogen) atoms. The third-order valence-corrected chi connectivity index (χ3v) is 6.48. The van der Waals surface area contributed by atoms with Crippen LogP contribution in [0.4, 0.5) is 0 Å². The Morgan fingerprint density at radius 3 is 2.50 bits per heavy atom. The first-order valence-electron chi connectivity index (χ1n) is 8.18. The first kappa shape index (κ1) is 12.7. The second kappa shape index (κ2) is 4.47. The molecule has 3 aliphatic carbocycles. The largest absolute Gasteiger partial charge is 0.480 e. The molecule has 1 heterocycles. The summed E-state index contributed by atoms with van der Waals surface area (Å²) in [4.78, 5) is 26.2. The Morgan fingerprint density at radius 1 is 1.00 bits per heavy atom. The van der Waals surface area contributed by atoms with Crippen molar-refractivity contribution in [1.82, 2.24) is 4.90 Å². The number of hydrogen-bond acceptors (Lipinski definition) is 2. The van der Waals surface area contributed by atoms with E-state index in [4.69, 9.17) is 0 Å². The van der Waals surface area contributed by atoms with Gasteiger partial charge in [0.1, 0.15) is 6.04 Å². The van der Waals surface area contributed by atoms with E-state index in [1.165, 1.54) is 19.3 Å². The van der Waals surface area contributed by atoms with Gasteiger partial charge in [0.15, 0.2) is 0 Å². The molecule has 4 heteroatoms. The molecule has 1 amide bonds. The quantitative estimate of drug-likeness (QED) is 0.841. The van der Waals surface area contributed by atoms with E-state index in [0.717, 1.165) is 31.6 Å². The Kier molecular flexibility index (Phi) is 2.83. The lowest BCUT2D eigenvalue weighted by molar-refractivity contribution is -0.152. The second-order valence-corrected chi connectivity index (χ2v) is 7.41. The van der Waals surface area contributed by atoms with Crippen molar-refractivity contribution >= 4 is 11.9 Å². The van der Waals surface area contributed by atoms with Gasteiger partial charge in [-0.25, -0.2) is 4.79 Å². The standard InChI is InChI=1S/C16H23NO3/c18-15(13-7-9-4-5-10(13)6-9)17-8-11-2-1-3-12(11)14(17)16(19)20/h9-14H,1-8H2,(H,19,20). The van der Waals surface area contributed by atoms with Crippen molar-refractivity contribution in [3.63, 3.8) is 0 Å². The van der Waals surface area contributed by atoms with Crippen LogP contribution in [0.3, 0.4) is 0 Å². The molecular weight excluding hydrogens is 254 g/mol. The van der Waals surface area contributed by atoms with Crippen LogP contribution in [0.2, 0.25) is 0 Å². The van der Waals surface area contributed by atoms with E-state index in [-0.39, 0.29) is 17.7 Å². The minimum atomic E-state index is -0.782. The predicted molar refractivity (Wildman–Crippen MR) is 72.9 cm³/mol. The van der Waals surface area contributed by atoms with Crippen molar-refractivity contribution in [3.05, 3.63) is 0 Å². The summed E-state index contributed by atoms with van der Waals surface area (Å²) in [7, 11) is 0. The normalized spacial score (nSPS) is 45.9. The van der Waals surface area contributed by atoms with Gasteiger partial charge in [0.05, 0.1) is 0 Å². The molecule has 1 aliphatic heterocycles. The summed E-state index contributed by atoms with van der Waals surface area (Å²) >= 11 is 0. The molecule has 110 valence electrons. The Hall–Kier alpha value is -1.06. The summed E-state index contributed by atoms with van der Waals surface area (Å²) in [6.45, 7) is 0.703. The summed E-state index contributed by atoms with van der Waals surface area (Å²) in [6, 6.07) is -0.533. The van der Waals surface area contributed by atoms with E-state index in [1.807, 2.05) is 0 Å². The van der Waals surface area contributed by atoms with Crippen LogP contribution in [0.1, 0.15) is 44.9 Å². The number of aliphatic carboxylic acids is 1. The van der Waals surface area contributed by atoms with Crippen molar-refractivity contribution in [2.24, 2.45) is 29.6 Å². The van der Waals surface area contributed by atoms with Crippen molar-refractivity contribution in [3.8, 4) is 0 Å². The Balaban J connectivity index is 1.55. The summed E-state index contributed by atoms with van der Waals surface area (Å²) in [5, 5.41) is 9.56. The van der Waals surface area contributed by atoms with E-state index in [0.29, 0.717) is 18.4 Å². The molecule has 0 aromatic carbocycles. The number of nitrogens with zero attached hydrogens (tertiary/aromatic N) is 1. The molecule has 4 nitrogen and oxygen atoms in total. The lowest BCUT2D eigenvalue weighted by atomic mass is 9.87. The van der Waals surface area contributed by atoms with Gasteiger partial charge in [-0.1, -0.05) is 12.8 Å². The molecule has 0 aromatic heterocycles. The highest BCUT2D eigenvalue weighted by Crippen LogP contribution is 2.50. The number of hydrogen-bond donors (Lipinski definition) is 1. The van der Waals surface area contributed by atoms with Crippen LogP contribution >= 0.6 is 0 Å². The highest BCUT2D eigenvalue weighted by Gasteiger charge is 2.53. The van der Waals surface area contributed by atoms with Crippen LogP contribution < -0.4 is 0 Å². The average Bonchev–Trinajstić information content (AvgIpc) is 3.15. The fourth-order valence-electron chi connectivity index (χ4n) is 5.61. The highest BCUT2D eigenvalue weighted by atomic mass is 16.4. The van der Waals surface area contributed by atoms with E-state index in [1.54, 1.807) is 4.90 Å². The maximum atomic E-state index is 12.8. The van der Waals surface area contributed by atoms with Gasteiger partial charge in [-0.15, -0.1) is 0 Å². The number of likely N-dealkylation sites (tertiary alicyclic amines) is 1. The highest BCUT2D eigenvalue weighted by molar-refractivity contribution is 5.86. The van der Waals surface area contributed by atoms with Gasteiger partial charge >= 0.3 is 5.97 Å². The zero-order chi connectivity index (χ0) is 13.9. The minimum absolute atomic E-state index is 0.134. The summed E-state index contributed by atoms with van der Waals surface area (Å²) < 4.78 is 0. The van der Waals surface area contributed by atoms with E-state index >= 15 is 0 Å². The topological polar surface area (TPSA) is 57.6 Å². The molecule has 6 unspecified atom stereocenters. The molecule has 4 rings (SSSR count). The van der Waals surface area contributed by atoms with Crippen LogP contribution in [0, 0.1) is 29.6 Å². The SMILES string of the molecule is O=C(O)C1C2CCCC2CN1C(=O)C1CC2CCC1C2. The van der Waals surface area contributed by atoms with Gasteiger partial charge in [-0.3, -0.25) is 4.79 Å². The van der Waals surface area contributed by atoms with Crippen LogP contribution in [0.5, 0.6) is 0 Å². The summed E-state index contributed by atoms with van der Waals surface area (Å²) in [5.74, 6) is 1.46. The van der Waals surface area contributed by atoms with Crippen molar-refractivity contribution < 1.29 is 14.7 Å². The molecule has 0 aromatic rings. The van der Waals surface area contributed by atoms with Crippen molar-refractivity contribution in [2.75, 3.05) is 6.54 Å².